The van der Waals surface area contributed by atoms with Crippen LogP contribution in [0.15, 0.2) is 42.5 Å². The van der Waals surface area contributed by atoms with E-state index in [0.29, 0.717) is 40.2 Å². The van der Waals surface area contributed by atoms with Gasteiger partial charge in [0.25, 0.3) is 0 Å². The molecule has 0 bridgehead atoms. The molecule has 9 heteroatoms. The molecule has 0 amide bonds. The number of fused-ring (bicyclic) bond motifs is 1. The van der Waals surface area contributed by atoms with Crippen LogP contribution < -0.4 is 18.9 Å². The van der Waals surface area contributed by atoms with Crippen LogP contribution in [0.25, 0.3) is 10.8 Å². The number of methoxy groups -OCH3 is 4. The van der Waals surface area contributed by atoms with Crippen molar-refractivity contribution < 1.29 is 36.9 Å². The summed E-state index contributed by atoms with van der Waals surface area (Å²) in [4.78, 5) is 13.4. The molecule has 0 aliphatic rings. The minimum atomic E-state index is -4.47. The molecule has 0 spiro atoms. The normalized spacial score (nSPS) is 12.3. The summed E-state index contributed by atoms with van der Waals surface area (Å²) >= 11 is 1.09. The highest BCUT2D eigenvalue weighted by molar-refractivity contribution is 8.14. The molecule has 3 aromatic rings. The summed E-state index contributed by atoms with van der Waals surface area (Å²) in [7, 11) is 6.26. The highest BCUT2D eigenvalue weighted by Gasteiger charge is 2.31. The fourth-order valence-corrected chi connectivity index (χ4v) is 5.92. The molecular formula is C31H37F3O5S. The van der Waals surface area contributed by atoms with Gasteiger partial charge >= 0.3 is 6.18 Å². The topological polar surface area (TPSA) is 54.0 Å². The molecule has 0 aliphatic carbocycles. The van der Waals surface area contributed by atoms with Crippen LogP contribution in [0.1, 0.15) is 78.6 Å². The molecule has 1 unspecified atom stereocenters. The number of hydrogen-bond donors (Lipinski definition) is 0. The molecule has 3 rings (SSSR count). The molecule has 5 nitrogen and oxygen atoms in total. The second-order valence-corrected chi connectivity index (χ2v) is 10.6. The molecule has 3 aromatic carbocycles. The van der Waals surface area contributed by atoms with Crippen molar-refractivity contribution in [3.63, 3.8) is 0 Å². The Balaban J connectivity index is 2.06. The van der Waals surface area contributed by atoms with Gasteiger partial charge in [0.2, 0.25) is 5.12 Å². The molecule has 0 saturated heterocycles. The number of hydrogen-bond acceptors (Lipinski definition) is 6. The average Bonchev–Trinajstić information content (AvgIpc) is 2.96. The molecule has 1 atom stereocenters. The fraction of sp³-hybridized carbons (Fsp3) is 0.452. The maximum Gasteiger partial charge on any atom is 0.416 e. The second-order valence-electron chi connectivity index (χ2n) is 9.45. The van der Waals surface area contributed by atoms with E-state index in [1.54, 1.807) is 40.6 Å². The fourth-order valence-electron chi connectivity index (χ4n) is 4.80. The molecular weight excluding hydrogens is 541 g/mol. The maximum absolute atomic E-state index is 13.4. The minimum Gasteiger partial charge on any atom is -0.496 e. The molecule has 0 saturated carbocycles. The van der Waals surface area contributed by atoms with Crippen LogP contribution in [0.2, 0.25) is 0 Å². The smallest absolute Gasteiger partial charge is 0.416 e. The van der Waals surface area contributed by atoms with E-state index in [1.807, 2.05) is 6.07 Å². The van der Waals surface area contributed by atoms with Gasteiger partial charge in [-0.15, -0.1) is 0 Å². The number of ether oxygens (including phenoxy) is 4. The zero-order valence-electron chi connectivity index (χ0n) is 23.7. The number of benzene rings is 3. The first kappa shape index (κ1) is 31.5. The Morgan fingerprint density at radius 2 is 1.35 bits per heavy atom. The summed E-state index contributed by atoms with van der Waals surface area (Å²) in [6.45, 7) is 2.17. The number of carbonyl (C=O) groups excluding carboxylic acids is 1. The van der Waals surface area contributed by atoms with Crippen molar-refractivity contribution >= 4 is 27.6 Å². The molecule has 40 heavy (non-hydrogen) atoms. The van der Waals surface area contributed by atoms with Crippen LogP contribution in [-0.2, 0) is 6.18 Å². The van der Waals surface area contributed by atoms with Gasteiger partial charge < -0.3 is 18.9 Å². The predicted molar refractivity (Wildman–Crippen MR) is 154 cm³/mol. The van der Waals surface area contributed by atoms with E-state index in [9.17, 15) is 18.0 Å². The zero-order chi connectivity index (χ0) is 29.3. The SMILES string of the molecule is CCCCCCCCC(SC(=O)c1ccc(C(F)(F)F)cc1)c1cc(OC)c2c(OC)ccc(OC)c2c1OC. The van der Waals surface area contributed by atoms with E-state index in [-0.39, 0.29) is 15.9 Å². The van der Waals surface area contributed by atoms with Gasteiger partial charge in [0.05, 0.1) is 44.8 Å². The third-order valence-corrected chi connectivity index (χ3v) is 8.10. The monoisotopic (exact) mass is 578 g/mol. The van der Waals surface area contributed by atoms with Gasteiger partial charge in [-0.25, -0.2) is 0 Å². The lowest BCUT2D eigenvalue weighted by atomic mass is 9.97. The van der Waals surface area contributed by atoms with Gasteiger partial charge in [0.1, 0.15) is 23.0 Å². The number of halogens is 3. The lowest BCUT2D eigenvalue weighted by Gasteiger charge is -2.23. The largest absolute Gasteiger partial charge is 0.496 e. The Morgan fingerprint density at radius 1 is 0.775 bits per heavy atom. The van der Waals surface area contributed by atoms with E-state index in [4.69, 9.17) is 18.9 Å². The van der Waals surface area contributed by atoms with E-state index >= 15 is 0 Å². The summed E-state index contributed by atoms with van der Waals surface area (Å²) in [6, 6.07) is 9.77. The lowest BCUT2D eigenvalue weighted by molar-refractivity contribution is -0.137. The average molecular weight is 579 g/mol. The molecule has 0 fully saturated rings. The van der Waals surface area contributed by atoms with Crippen molar-refractivity contribution in [3.8, 4) is 23.0 Å². The van der Waals surface area contributed by atoms with Crippen LogP contribution in [0.3, 0.4) is 0 Å². The summed E-state index contributed by atoms with van der Waals surface area (Å²) in [5.41, 5.74) is 0.161. The third kappa shape index (κ3) is 7.36. The van der Waals surface area contributed by atoms with Crippen LogP contribution >= 0.6 is 11.8 Å². The first-order valence-corrected chi connectivity index (χ1v) is 14.3. The number of thioether (sulfide) groups is 1. The number of unbranched alkanes of at least 4 members (excludes halogenated alkanes) is 5. The second kappa shape index (κ2) is 14.5. The van der Waals surface area contributed by atoms with Gasteiger partial charge in [-0.2, -0.15) is 13.2 Å². The predicted octanol–water partition coefficient (Wildman–Crippen LogP) is 9.26. The molecule has 0 aliphatic heterocycles. The Bertz CT molecular complexity index is 1270. The van der Waals surface area contributed by atoms with E-state index in [0.717, 1.165) is 61.6 Å². The van der Waals surface area contributed by atoms with E-state index in [1.165, 1.54) is 18.6 Å². The Morgan fingerprint density at radius 3 is 1.90 bits per heavy atom. The first-order valence-electron chi connectivity index (χ1n) is 13.4. The third-order valence-electron chi connectivity index (χ3n) is 6.88. The van der Waals surface area contributed by atoms with Gasteiger partial charge in [-0.05, 0) is 48.9 Å². The number of carbonyl (C=O) groups is 1. The van der Waals surface area contributed by atoms with Crippen molar-refractivity contribution in [1.82, 2.24) is 0 Å². The summed E-state index contributed by atoms with van der Waals surface area (Å²) in [5.74, 6) is 2.22. The van der Waals surface area contributed by atoms with Gasteiger partial charge in [0.15, 0.2) is 0 Å². The highest BCUT2D eigenvalue weighted by atomic mass is 32.2. The van der Waals surface area contributed by atoms with Crippen molar-refractivity contribution in [1.29, 1.82) is 0 Å². The van der Waals surface area contributed by atoms with E-state index < -0.39 is 11.7 Å². The molecule has 218 valence electrons. The van der Waals surface area contributed by atoms with Gasteiger partial charge in [-0.3, -0.25) is 4.79 Å². The summed E-state index contributed by atoms with van der Waals surface area (Å²) < 4.78 is 62.2. The quantitative estimate of drug-likeness (QED) is 0.178. The van der Waals surface area contributed by atoms with Gasteiger partial charge in [0, 0.05) is 16.4 Å². The number of alkyl halides is 3. The molecule has 0 N–H and O–H groups in total. The Kier molecular flexibility index (Phi) is 11.4. The van der Waals surface area contributed by atoms with Crippen LogP contribution in [0.4, 0.5) is 13.2 Å². The number of rotatable bonds is 14. The maximum atomic E-state index is 13.4. The molecule has 0 heterocycles. The highest BCUT2D eigenvalue weighted by Crippen LogP contribution is 2.51. The van der Waals surface area contributed by atoms with E-state index in [2.05, 4.69) is 6.92 Å². The van der Waals surface area contributed by atoms with Crippen molar-refractivity contribution in [2.45, 2.75) is 63.3 Å². The zero-order valence-corrected chi connectivity index (χ0v) is 24.5. The summed E-state index contributed by atoms with van der Waals surface area (Å²) in [5, 5.41) is 0.685. The standard InChI is InChI=1S/C31H37F3O5S/c1-6-7-8-9-10-11-12-26(40-30(35)20-13-15-21(16-14-20)31(32,33)34)22-19-25(38-4)27-23(36-2)17-18-24(37-3)28(27)29(22)39-5/h13-19,26H,6-12H2,1-5H3. The van der Waals surface area contributed by atoms with Crippen molar-refractivity contribution in [2.24, 2.45) is 0 Å². The molecule has 0 aromatic heterocycles. The Labute approximate surface area is 238 Å². The summed E-state index contributed by atoms with van der Waals surface area (Å²) in [6.07, 6.45) is 2.67. The lowest BCUT2D eigenvalue weighted by Crippen LogP contribution is -2.07. The minimum absolute atomic E-state index is 0.205. The van der Waals surface area contributed by atoms with Crippen molar-refractivity contribution in [2.75, 3.05) is 28.4 Å². The Hall–Kier alpha value is -3.07. The van der Waals surface area contributed by atoms with Gasteiger partial charge in [-0.1, -0.05) is 57.2 Å². The van der Waals surface area contributed by atoms with Crippen LogP contribution in [-0.4, -0.2) is 33.6 Å². The molecule has 0 radical (unpaired) electrons. The first-order chi connectivity index (χ1) is 19.2. The van der Waals surface area contributed by atoms with Crippen LogP contribution in [0, 0.1) is 0 Å². The van der Waals surface area contributed by atoms with Crippen molar-refractivity contribution in [3.05, 3.63) is 59.2 Å². The van der Waals surface area contributed by atoms with Crippen LogP contribution in [0.5, 0.6) is 23.0 Å².